The molecule has 0 aromatic heterocycles. The highest BCUT2D eigenvalue weighted by atomic mass is 79.9. The third-order valence-corrected chi connectivity index (χ3v) is 2.98. The zero-order valence-electron chi connectivity index (χ0n) is 7.06. The van der Waals surface area contributed by atoms with Gasteiger partial charge in [-0.1, -0.05) is 17.7 Å². The minimum atomic E-state index is -0.955. The van der Waals surface area contributed by atoms with Crippen LogP contribution in [0.3, 0.4) is 0 Å². The molecule has 0 aliphatic rings. The number of carboxylic acid groups (broad SMARTS) is 1. The highest BCUT2D eigenvalue weighted by Gasteiger charge is 2.10. The normalized spacial score (nSPS) is 10.2. The molecular weight excluding hydrogens is 274 g/mol. The summed E-state index contributed by atoms with van der Waals surface area (Å²) in [6.45, 7) is 0. The van der Waals surface area contributed by atoms with Crippen molar-refractivity contribution < 1.29 is 14.3 Å². The van der Waals surface area contributed by atoms with Gasteiger partial charge in [0.1, 0.15) is 5.82 Å². The molecule has 0 amide bonds. The summed E-state index contributed by atoms with van der Waals surface area (Å²) in [6.07, 6.45) is 0.0447. The molecule has 0 heterocycles. The van der Waals surface area contributed by atoms with Crippen LogP contribution in [-0.2, 0) is 11.2 Å². The van der Waals surface area contributed by atoms with Gasteiger partial charge in [0.15, 0.2) is 0 Å². The molecule has 0 saturated heterocycles. The summed E-state index contributed by atoms with van der Waals surface area (Å²) in [4.78, 5) is 10.3. The molecular formula is C9H7BrClFO2. The Morgan fingerprint density at radius 2 is 2.21 bits per heavy atom. The summed E-state index contributed by atoms with van der Waals surface area (Å²) in [7, 11) is 0. The number of halogens is 3. The third kappa shape index (κ3) is 2.69. The van der Waals surface area contributed by atoms with Crippen molar-refractivity contribution in [2.75, 3.05) is 0 Å². The van der Waals surface area contributed by atoms with Crippen molar-refractivity contribution in [3.8, 4) is 0 Å². The van der Waals surface area contributed by atoms with Crippen LogP contribution in [0.1, 0.15) is 12.0 Å². The van der Waals surface area contributed by atoms with Gasteiger partial charge < -0.3 is 5.11 Å². The zero-order chi connectivity index (χ0) is 10.7. The largest absolute Gasteiger partial charge is 0.481 e. The molecule has 0 spiro atoms. The first-order valence-corrected chi connectivity index (χ1v) is 5.03. The van der Waals surface area contributed by atoms with Crippen molar-refractivity contribution in [1.29, 1.82) is 0 Å². The molecule has 0 fully saturated rings. The lowest BCUT2D eigenvalue weighted by atomic mass is 10.1. The summed E-state index contributed by atoms with van der Waals surface area (Å²) in [5, 5.41) is 8.42. The standard InChI is InChI=1S/C9H7BrClFO2/c10-6-3-1-5(2-4-7(13)14)9(12)8(6)11/h1,3H,2,4H2,(H,13,14). The van der Waals surface area contributed by atoms with Crippen molar-refractivity contribution in [3.63, 3.8) is 0 Å². The van der Waals surface area contributed by atoms with E-state index in [9.17, 15) is 9.18 Å². The molecule has 14 heavy (non-hydrogen) atoms. The van der Waals surface area contributed by atoms with Crippen LogP contribution in [-0.4, -0.2) is 11.1 Å². The molecule has 0 saturated carbocycles. The Kier molecular flexibility index (Phi) is 3.89. The molecule has 0 bridgehead atoms. The van der Waals surface area contributed by atoms with E-state index >= 15 is 0 Å². The van der Waals surface area contributed by atoms with Crippen molar-refractivity contribution in [3.05, 3.63) is 33.0 Å². The second kappa shape index (κ2) is 4.75. The van der Waals surface area contributed by atoms with Gasteiger partial charge in [0, 0.05) is 10.9 Å². The lowest BCUT2D eigenvalue weighted by Gasteiger charge is -2.04. The van der Waals surface area contributed by atoms with Crippen molar-refractivity contribution >= 4 is 33.5 Å². The number of carboxylic acids is 1. The first kappa shape index (κ1) is 11.5. The number of aliphatic carboxylic acids is 1. The van der Waals surface area contributed by atoms with Crippen molar-refractivity contribution in [2.24, 2.45) is 0 Å². The van der Waals surface area contributed by atoms with E-state index in [1.807, 2.05) is 0 Å². The fraction of sp³-hybridized carbons (Fsp3) is 0.222. The number of aryl methyl sites for hydroxylation is 1. The molecule has 0 unspecified atom stereocenters. The van der Waals surface area contributed by atoms with Gasteiger partial charge in [-0.3, -0.25) is 4.79 Å². The van der Waals surface area contributed by atoms with Gasteiger partial charge in [-0.05, 0) is 34.0 Å². The molecule has 76 valence electrons. The van der Waals surface area contributed by atoms with E-state index in [4.69, 9.17) is 16.7 Å². The molecule has 0 aliphatic carbocycles. The molecule has 0 radical (unpaired) electrons. The van der Waals surface area contributed by atoms with Gasteiger partial charge >= 0.3 is 5.97 Å². The zero-order valence-corrected chi connectivity index (χ0v) is 9.40. The molecule has 1 aromatic rings. The van der Waals surface area contributed by atoms with E-state index in [1.165, 1.54) is 6.07 Å². The predicted octanol–water partition coefficient (Wildman–Crippen LogP) is 3.26. The van der Waals surface area contributed by atoms with Gasteiger partial charge in [0.2, 0.25) is 0 Å². The monoisotopic (exact) mass is 280 g/mol. The smallest absolute Gasteiger partial charge is 0.303 e. The Balaban J connectivity index is 2.88. The third-order valence-electron chi connectivity index (χ3n) is 1.72. The lowest BCUT2D eigenvalue weighted by molar-refractivity contribution is -0.136. The van der Waals surface area contributed by atoms with E-state index < -0.39 is 11.8 Å². The SMILES string of the molecule is O=C(O)CCc1ccc(Br)c(Cl)c1F. The van der Waals surface area contributed by atoms with Crippen LogP contribution in [0.4, 0.5) is 4.39 Å². The first-order valence-electron chi connectivity index (χ1n) is 3.86. The van der Waals surface area contributed by atoms with E-state index in [0.717, 1.165) is 0 Å². The maximum atomic E-state index is 13.4. The highest BCUT2D eigenvalue weighted by Crippen LogP contribution is 2.27. The minimum absolute atomic E-state index is 0.00658. The van der Waals surface area contributed by atoms with Crippen LogP contribution >= 0.6 is 27.5 Å². The average Bonchev–Trinajstić information content (AvgIpc) is 2.13. The average molecular weight is 282 g/mol. The Morgan fingerprint density at radius 1 is 1.57 bits per heavy atom. The summed E-state index contributed by atoms with van der Waals surface area (Å²) in [6, 6.07) is 3.12. The number of benzene rings is 1. The van der Waals surface area contributed by atoms with Crippen LogP contribution < -0.4 is 0 Å². The first-order chi connectivity index (χ1) is 6.52. The maximum absolute atomic E-state index is 13.4. The summed E-state index contributed by atoms with van der Waals surface area (Å²) >= 11 is 8.70. The van der Waals surface area contributed by atoms with Crippen LogP contribution in [0.15, 0.2) is 16.6 Å². The Bertz CT molecular complexity index is 368. The molecule has 1 N–H and O–H groups in total. The van der Waals surface area contributed by atoms with E-state index in [-0.39, 0.29) is 17.9 Å². The lowest BCUT2D eigenvalue weighted by Crippen LogP contribution is -1.99. The van der Waals surface area contributed by atoms with Crippen molar-refractivity contribution in [1.82, 2.24) is 0 Å². The quantitative estimate of drug-likeness (QED) is 0.864. The second-order valence-corrected chi connectivity index (χ2v) is 3.96. The predicted molar refractivity (Wildman–Crippen MR) is 55.1 cm³/mol. The van der Waals surface area contributed by atoms with Gasteiger partial charge in [0.25, 0.3) is 0 Å². The fourth-order valence-corrected chi connectivity index (χ4v) is 1.49. The van der Waals surface area contributed by atoms with E-state index in [0.29, 0.717) is 10.0 Å². The number of carbonyl (C=O) groups is 1. The molecule has 0 aliphatic heterocycles. The Labute approximate surface area is 93.8 Å². The molecule has 1 aromatic carbocycles. The molecule has 1 rings (SSSR count). The maximum Gasteiger partial charge on any atom is 0.303 e. The molecule has 5 heteroatoms. The summed E-state index contributed by atoms with van der Waals surface area (Å²) < 4.78 is 13.8. The van der Waals surface area contributed by atoms with Crippen LogP contribution in [0.2, 0.25) is 5.02 Å². The number of rotatable bonds is 3. The van der Waals surface area contributed by atoms with Gasteiger partial charge in [0.05, 0.1) is 5.02 Å². The number of hydrogen-bond donors (Lipinski definition) is 1. The van der Waals surface area contributed by atoms with Crippen LogP contribution in [0.25, 0.3) is 0 Å². The Hall–Kier alpha value is -0.610. The van der Waals surface area contributed by atoms with Gasteiger partial charge in [-0.2, -0.15) is 0 Å². The van der Waals surface area contributed by atoms with Crippen LogP contribution in [0, 0.1) is 5.82 Å². The topological polar surface area (TPSA) is 37.3 Å². The van der Waals surface area contributed by atoms with Crippen molar-refractivity contribution in [2.45, 2.75) is 12.8 Å². The minimum Gasteiger partial charge on any atom is -0.481 e. The fourth-order valence-electron chi connectivity index (χ4n) is 1.00. The van der Waals surface area contributed by atoms with Crippen LogP contribution in [0.5, 0.6) is 0 Å². The summed E-state index contributed by atoms with van der Waals surface area (Å²) in [5.74, 6) is -1.51. The Morgan fingerprint density at radius 3 is 2.79 bits per heavy atom. The number of hydrogen-bond acceptors (Lipinski definition) is 1. The van der Waals surface area contributed by atoms with E-state index in [1.54, 1.807) is 6.07 Å². The molecule has 2 nitrogen and oxygen atoms in total. The second-order valence-electron chi connectivity index (χ2n) is 2.73. The highest BCUT2D eigenvalue weighted by molar-refractivity contribution is 9.10. The van der Waals surface area contributed by atoms with E-state index in [2.05, 4.69) is 15.9 Å². The molecule has 0 atom stereocenters. The van der Waals surface area contributed by atoms with Gasteiger partial charge in [-0.15, -0.1) is 0 Å². The van der Waals surface area contributed by atoms with Gasteiger partial charge in [-0.25, -0.2) is 4.39 Å². The summed E-state index contributed by atoms with van der Waals surface area (Å²) in [5.41, 5.74) is 0.320.